The zero-order chi connectivity index (χ0) is 22.1. The first-order chi connectivity index (χ1) is 13.8. The first-order valence-electron chi connectivity index (χ1n) is 8.83. The predicted octanol–water partition coefficient (Wildman–Crippen LogP) is 0.286. The van der Waals surface area contributed by atoms with Crippen LogP contribution in [0.5, 0.6) is 0 Å². The van der Waals surface area contributed by atoms with E-state index >= 15 is 0 Å². The summed E-state index contributed by atoms with van der Waals surface area (Å²) < 4.78 is 19.5. The number of alkyl carbamates (subject to hydrolysis) is 2. The number of ether oxygens (including phenoxy) is 4. The van der Waals surface area contributed by atoms with Gasteiger partial charge in [-0.2, -0.15) is 0 Å². The van der Waals surface area contributed by atoms with Crippen LogP contribution in [0.1, 0.15) is 13.3 Å². The molecule has 29 heavy (non-hydrogen) atoms. The Morgan fingerprint density at radius 2 is 1.28 bits per heavy atom. The summed E-state index contributed by atoms with van der Waals surface area (Å²) in [5.74, 6) is -1.22. The van der Waals surface area contributed by atoms with Gasteiger partial charge in [0.25, 0.3) is 0 Å². The van der Waals surface area contributed by atoms with Crippen molar-refractivity contribution in [2.75, 3.05) is 46.1 Å². The fourth-order valence-corrected chi connectivity index (χ4v) is 1.72. The first-order valence-corrected chi connectivity index (χ1v) is 8.83. The van der Waals surface area contributed by atoms with Crippen LogP contribution in [0, 0.1) is 5.41 Å². The van der Waals surface area contributed by atoms with Crippen LogP contribution in [0.4, 0.5) is 9.59 Å². The van der Waals surface area contributed by atoms with Gasteiger partial charge in [0.05, 0.1) is 25.1 Å². The molecule has 0 saturated carbocycles. The van der Waals surface area contributed by atoms with Gasteiger partial charge in [-0.1, -0.05) is 20.1 Å². The van der Waals surface area contributed by atoms with Crippen molar-refractivity contribution in [2.45, 2.75) is 13.3 Å². The molecule has 0 radical (unpaired) electrons. The van der Waals surface area contributed by atoms with Crippen LogP contribution < -0.4 is 10.6 Å². The minimum atomic E-state index is -0.987. The van der Waals surface area contributed by atoms with Crippen LogP contribution in [0.2, 0.25) is 0 Å². The van der Waals surface area contributed by atoms with Crippen LogP contribution in [-0.2, 0) is 28.5 Å². The second-order valence-corrected chi connectivity index (χ2v) is 5.76. The minimum Gasteiger partial charge on any atom is -0.461 e. The van der Waals surface area contributed by atoms with E-state index in [0.29, 0.717) is 6.42 Å². The molecule has 3 N–H and O–H groups in total. The van der Waals surface area contributed by atoms with Crippen LogP contribution in [0.15, 0.2) is 25.3 Å². The third-order valence-electron chi connectivity index (χ3n) is 3.67. The molecule has 11 nitrogen and oxygen atoms in total. The summed E-state index contributed by atoms with van der Waals surface area (Å²) in [5, 5.41) is 14.4. The summed E-state index contributed by atoms with van der Waals surface area (Å²) in [4.78, 5) is 45.1. The smallest absolute Gasteiger partial charge is 0.407 e. The molecular weight excluding hydrogens is 388 g/mol. The lowest BCUT2D eigenvalue weighted by atomic mass is 9.88. The Bertz CT molecular complexity index is 528. The lowest BCUT2D eigenvalue weighted by molar-refractivity contribution is -0.138. The van der Waals surface area contributed by atoms with E-state index in [1.165, 1.54) is 0 Å². The van der Waals surface area contributed by atoms with Gasteiger partial charge in [-0.15, -0.1) is 0 Å². The highest BCUT2D eigenvalue weighted by Crippen LogP contribution is 2.22. The standard InChI is InChI=1S/C18H28N2O9/c1-4-14(22)26-9-7-19-16(24)28-12-18(6-3,11-21)13-29-17(25)20-8-10-27-15(23)5-2/h4-5,21H,1-2,6-13H2,3H3,(H,19,24)(H,20,25). The lowest BCUT2D eigenvalue weighted by Gasteiger charge is -2.29. The first kappa shape index (κ1) is 25.9. The van der Waals surface area contributed by atoms with E-state index in [4.69, 9.17) is 9.47 Å². The number of hydrogen-bond acceptors (Lipinski definition) is 9. The monoisotopic (exact) mass is 416 g/mol. The average molecular weight is 416 g/mol. The summed E-state index contributed by atoms with van der Waals surface area (Å²) in [6.45, 7) is 7.37. The number of hydrogen-bond donors (Lipinski definition) is 3. The van der Waals surface area contributed by atoms with Gasteiger partial charge in [0.1, 0.15) is 26.4 Å². The number of aliphatic hydroxyl groups excluding tert-OH is 1. The number of nitrogens with one attached hydrogen (secondary N) is 2. The summed E-state index contributed by atoms with van der Waals surface area (Å²) in [5.41, 5.74) is -0.987. The quantitative estimate of drug-likeness (QED) is 0.157. The fraction of sp³-hybridized carbons (Fsp3) is 0.556. The van der Waals surface area contributed by atoms with Gasteiger partial charge in [-0.25, -0.2) is 19.2 Å². The Morgan fingerprint density at radius 1 is 0.862 bits per heavy atom. The minimum absolute atomic E-state index is 0.0337. The van der Waals surface area contributed by atoms with E-state index < -0.39 is 36.1 Å². The summed E-state index contributed by atoms with van der Waals surface area (Å²) >= 11 is 0. The molecule has 0 spiro atoms. The molecule has 0 aromatic carbocycles. The van der Waals surface area contributed by atoms with Crippen molar-refractivity contribution in [3.63, 3.8) is 0 Å². The van der Waals surface area contributed by atoms with Gasteiger partial charge in [-0.3, -0.25) is 0 Å². The van der Waals surface area contributed by atoms with Crippen molar-refractivity contribution >= 4 is 24.1 Å². The lowest BCUT2D eigenvalue weighted by Crippen LogP contribution is -2.41. The van der Waals surface area contributed by atoms with E-state index in [9.17, 15) is 24.3 Å². The molecule has 0 aromatic heterocycles. The van der Waals surface area contributed by atoms with Crippen molar-refractivity contribution in [1.82, 2.24) is 10.6 Å². The summed E-state index contributed by atoms with van der Waals surface area (Å²) in [6, 6.07) is 0. The molecule has 2 amide bonds. The molecular formula is C18H28N2O9. The maximum Gasteiger partial charge on any atom is 0.407 e. The third-order valence-corrected chi connectivity index (χ3v) is 3.67. The Labute approximate surface area is 169 Å². The van der Waals surface area contributed by atoms with Gasteiger partial charge in [-0.05, 0) is 6.42 Å². The van der Waals surface area contributed by atoms with E-state index in [1.54, 1.807) is 6.92 Å². The van der Waals surface area contributed by atoms with E-state index in [0.717, 1.165) is 12.2 Å². The molecule has 0 bridgehead atoms. The van der Waals surface area contributed by atoms with Crippen molar-refractivity contribution in [1.29, 1.82) is 0 Å². The normalized spacial score (nSPS) is 10.3. The predicted molar refractivity (Wildman–Crippen MR) is 101 cm³/mol. The summed E-state index contributed by atoms with van der Waals surface area (Å²) in [7, 11) is 0. The zero-order valence-electron chi connectivity index (χ0n) is 16.4. The van der Waals surface area contributed by atoms with Crippen molar-refractivity contribution in [3.8, 4) is 0 Å². The van der Waals surface area contributed by atoms with Crippen LogP contribution in [0.25, 0.3) is 0 Å². The van der Waals surface area contributed by atoms with Crippen molar-refractivity contribution in [3.05, 3.63) is 25.3 Å². The topological polar surface area (TPSA) is 149 Å². The van der Waals surface area contributed by atoms with E-state index in [1.807, 2.05) is 0 Å². The van der Waals surface area contributed by atoms with E-state index in [-0.39, 0.29) is 39.5 Å². The van der Waals surface area contributed by atoms with Gasteiger partial charge < -0.3 is 34.7 Å². The Morgan fingerprint density at radius 3 is 1.59 bits per heavy atom. The van der Waals surface area contributed by atoms with Crippen molar-refractivity contribution in [2.24, 2.45) is 5.41 Å². The van der Waals surface area contributed by atoms with Gasteiger partial charge in [0.15, 0.2) is 0 Å². The van der Waals surface area contributed by atoms with Gasteiger partial charge >= 0.3 is 24.1 Å². The van der Waals surface area contributed by atoms with Gasteiger partial charge in [0.2, 0.25) is 0 Å². The second kappa shape index (κ2) is 14.9. The SMILES string of the molecule is C=CC(=O)OCCNC(=O)OCC(CC)(CO)COC(=O)NCCOC(=O)C=C. The third kappa shape index (κ3) is 12.1. The maximum absolute atomic E-state index is 11.7. The molecule has 0 aliphatic heterocycles. The molecule has 0 heterocycles. The molecule has 0 aliphatic carbocycles. The Hall–Kier alpha value is -3.08. The Kier molecular flexibility index (Phi) is 13.3. The number of carbonyl (C=O) groups excluding carboxylic acids is 4. The maximum atomic E-state index is 11.7. The molecule has 0 aliphatic rings. The van der Waals surface area contributed by atoms with Crippen LogP contribution in [0.3, 0.4) is 0 Å². The van der Waals surface area contributed by atoms with Crippen molar-refractivity contribution < 1.29 is 43.2 Å². The van der Waals surface area contributed by atoms with Crippen LogP contribution in [-0.4, -0.2) is 75.4 Å². The van der Waals surface area contributed by atoms with E-state index in [2.05, 4.69) is 33.3 Å². The highest BCUT2D eigenvalue weighted by Gasteiger charge is 2.31. The Balaban J connectivity index is 4.23. The number of carbonyl (C=O) groups is 4. The molecule has 11 heteroatoms. The fourth-order valence-electron chi connectivity index (χ4n) is 1.72. The number of rotatable bonds is 14. The number of esters is 2. The van der Waals surface area contributed by atoms with Crippen LogP contribution >= 0.6 is 0 Å². The zero-order valence-corrected chi connectivity index (χ0v) is 16.4. The second-order valence-electron chi connectivity index (χ2n) is 5.76. The largest absolute Gasteiger partial charge is 0.461 e. The summed E-state index contributed by atoms with van der Waals surface area (Å²) in [6.07, 6.45) is 0.801. The molecule has 0 saturated heterocycles. The molecule has 0 rings (SSSR count). The average Bonchev–Trinajstić information content (AvgIpc) is 2.74. The molecule has 164 valence electrons. The molecule has 0 aromatic rings. The number of aliphatic hydroxyl groups is 1. The number of amides is 2. The highest BCUT2D eigenvalue weighted by atomic mass is 16.6. The molecule has 0 atom stereocenters. The molecule has 0 unspecified atom stereocenters. The molecule has 0 fully saturated rings. The van der Waals surface area contributed by atoms with Gasteiger partial charge in [0, 0.05) is 12.2 Å². The highest BCUT2D eigenvalue weighted by molar-refractivity contribution is 5.81.